The van der Waals surface area contributed by atoms with Gasteiger partial charge in [-0.15, -0.1) is 0 Å². The van der Waals surface area contributed by atoms with Crippen molar-refractivity contribution in [3.63, 3.8) is 0 Å². The molecule has 0 saturated carbocycles. The number of aliphatic carboxylic acids is 1. The molecule has 2 unspecified atom stereocenters. The van der Waals surface area contributed by atoms with Crippen LogP contribution in [0.3, 0.4) is 0 Å². The summed E-state index contributed by atoms with van der Waals surface area (Å²) in [6.45, 7) is 1.83. The molecule has 1 aromatic rings. The molecule has 0 amide bonds. The fourth-order valence-electron chi connectivity index (χ4n) is 1.67. The Labute approximate surface area is 93.8 Å². The van der Waals surface area contributed by atoms with Gasteiger partial charge in [-0.05, 0) is 18.6 Å². The minimum absolute atomic E-state index is 0.0702. The number of benzene rings is 1. The highest BCUT2D eigenvalue weighted by atomic mass is 16.6. The summed E-state index contributed by atoms with van der Waals surface area (Å²) in [7, 11) is 0. The van der Waals surface area contributed by atoms with Crippen molar-refractivity contribution in [3.05, 3.63) is 29.8 Å². The van der Waals surface area contributed by atoms with Crippen molar-refractivity contribution >= 4 is 5.97 Å². The molecule has 1 aromatic carbocycles. The van der Waals surface area contributed by atoms with E-state index in [-0.39, 0.29) is 6.10 Å². The highest BCUT2D eigenvalue weighted by Gasteiger charge is 2.24. The first-order valence-electron chi connectivity index (χ1n) is 5.26. The van der Waals surface area contributed by atoms with E-state index >= 15 is 0 Å². The lowest BCUT2D eigenvalue weighted by molar-refractivity contribution is -0.150. The maximum Gasteiger partial charge on any atom is 0.332 e. The fraction of sp³-hybridized carbons (Fsp3) is 0.417. The highest BCUT2D eigenvalue weighted by molar-refractivity contribution is 5.71. The molecule has 1 aliphatic rings. The van der Waals surface area contributed by atoms with E-state index < -0.39 is 12.1 Å². The minimum Gasteiger partial charge on any atom is -0.487 e. The number of para-hydroxylation sites is 1. The zero-order chi connectivity index (χ0) is 11.5. The molecular weight excluding hydrogens is 208 g/mol. The quantitative estimate of drug-likeness (QED) is 0.838. The second-order valence-electron chi connectivity index (χ2n) is 3.87. The summed E-state index contributed by atoms with van der Waals surface area (Å²) in [4.78, 5) is 10.6. The Morgan fingerprint density at radius 3 is 3.06 bits per heavy atom. The van der Waals surface area contributed by atoms with Crippen molar-refractivity contribution in [2.45, 2.75) is 25.6 Å². The molecule has 0 aliphatic carbocycles. The predicted molar refractivity (Wildman–Crippen MR) is 57.6 cm³/mol. The molecule has 0 saturated heterocycles. The maximum atomic E-state index is 10.6. The van der Waals surface area contributed by atoms with Crippen LogP contribution in [0.1, 0.15) is 12.5 Å². The first-order chi connectivity index (χ1) is 7.66. The molecule has 0 fully saturated rings. The Kier molecular flexibility index (Phi) is 3.10. The van der Waals surface area contributed by atoms with E-state index in [1.54, 1.807) is 0 Å². The van der Waals surface area contributed by atoms with Crippen molar-refractivity contribution in [2.24, 2.45) is 0 Å². The van der Waals surface area contributed by atoms with Gasteiger partial charge in [0.2, 0.25) is 0 Å². The molecule has 2 atom stereocenters. The van der Waals surface area contributed by atoms with E-state index in [9.17, 15) is 4.79 Å². The minimum atomic E-state index is -0.949. The van der Waals surface area contributed by atoms with E-state index in [1.165, 1.54) is 6.92 Å². The molecule has 4 heteroatoms. The topological polar surface area (TPSA) is 55.8 Å². The molecule has 4 nitrogen and oxygen atoms in total. The molecule has 2 rings (SSSR count). The summed E-state index contributed by atoms with van der Waals surface area (Å²) in [5.41, 5.74) is 1.15. The summed E-state index contributed by atoms with van der Waals surface area (Å²) in [5, 5.41) is 8.66. The van der Waals surface area contributed by atoms with Gasteiger partial charge < -0.3 is 14.6 Å². The van der Waals surface area contributed by atoms with E-state index in [0.717, 1.165) is 17.7 Å². The first kappa shape index (κ1) is 11.0. The van der Waals surface area contributed by atoms with E-state index in [1.807, 2.05) is 24.3 Å². The SMILES string of the molecule is CC(OCC1Cc2ccccc2O1)C(=O)O. The number of rotatable bonds is 4. The van der Waals surface area contributed by atoms with Crippen LogP contribution in [0.4, 0.5) is 0 Å². The average Bonchev–Trinajstić information content (AvgIpc) is 2.68. The van der Waals surface area contributed by atoms with Gasteiger partial charge >= 0.3 is 5.97 Å². The van der Waals surface area contributed by atoms with Crippen LogP contribution in [0.25, 0.3) is 0 Å². The number of ether oxygens (including phenoxy) is 2. The van der Waals surface area contributed by atoms with Gasteiger partial charge in [0.1, 0.15) is 11.9 Å². The normalized spacial score (nSPS) is 19.9. The van der Waals surface area contributed by atoms with Crippen LogP contribution in [-0.2, 0) is 16.0 Å². The molecule has 1 heterocycles. The van der Waals surface area contributed by atoms with Crippen LogP contribution in [-0.4, -0.2) is 29.9 Å². The van der Waals surface area contributed by atoms with Gasteiger partial charge in [0.25, 0.3) is 0 Å². The molecule has 0 spiro atoms. The van der Waals surface area contributed by atoms with Gasteiger partial charge in [-0.1, -0.05) is 18.2 Å². The third kappa shape index (κ3) is 2.33. The third-order valence-corrected chi connectivity index (χ3v) is 2.59. The largest absolute Gasteiger partial charge is 0.487 e. The molecular formula is C12H14O4. The van der Waals surface area contributed by atoms with E-state index in [2.05, 4.69) is 0 Å². The van der Waals surface area contributed by atoms with Gasteiger partial charge in [-0.2, -0.15) is 0 Å². The Balaban J connectivity index is 1.86. The monoisotopic (exact) mass is 222 g/mol. The molecule has 0 radical (unpaired) electrons. The zero-order valence-corrected chi connectivity index (χ0v) is 9.05. The molecule has 1 N–H and O–H groups in total. The van der Waals surface area contributed by atoms with Gasteiger partial charge in [0, 0.05) is 6.42 Å². The lowest BCUT2D eigenvalue weighted by atomic mass is 10.1. The lowest BCUT2D eigenvalue weighted by Crippen LogP contribution is -2.27. The number of carboxylic acid groups (broad SMARTS) is 1. The smallest absolute Gasteiger partial charge is 0.332 e. The third-order valence-electron chi connectivity index (χ3n) is 2.59. The number of hydrogen-bond acceptors (Lipinski definition) is 3. The Hall–Kier alpha value is -1.55. The van der Waals surface area contributed by atoms with Crippen molar-refractivity contribution in [1.82, 2.24) is 0 Å². The first-order valence-corrected chi connectivity index (χ1v) is 5.26. The Morgan fingerprint density at radius 1 is 1.62 bits per heavy atom. The van der Waals surface area contributed by atoms with Crippen molar-refractivity contribution in [3.8, 4) is 5.75 Å². The van der Waals surface area contributed by atoms with Crippen LogP contribution in [0.2, 0.25) is 0 Å². The Bertz CT molecular complexity index is 363. The number of carboxylic acids is 1. The number of fused-ring (bicyclic) bond motifs is 1. The molecule has 0 bridgehead atoms. The summed E-state index contributed by atoms with van der Waals surface area (Å²) in [6.07, 6.45) is -0.0748. The van der Waals surface area contributed by atoms with Crippen LogP contribution in [0, 0.1) is 0 Å². The maximum absolute atomic E-state index is 10.6. The molecule has 0 aromatic heterocycles. The van der Waals surface area contributed by atoms with Crippen LogP contribution in [0.5, 0.6) is 5.75 Å². The highest BCUT2D eigenvalue weighted by Crippen LogP contribution is 2.28. The van der Waals surface area contributed by atoms with Crippen molar-refractivity contribution in [2.75, 3.05) is 6.61 Å². The van der Waals surface area contributed by atoms with Crippen LogP contribution >= 0.6 is 0 Å². The Morgan fingerprint density at radius 2 is 2.38 bits per heavy atom. The average molecular weight is 222 g/mol. The lowest BCUT2D eigenvalue weighted by Gasteiger charge is -2.13. The second-order valence-corrected chi connectivity index (χ2v) is 3.87. The van der Waals surface area contributed by atoms with Crippen LogP contribution < -0.4 is 4.74 Å². The standard InChI is InChI=1S/C12H14O4/c1-8(12(13)14)15-7-10-6-9-4-2-3-5-11(9)16-10/h2-5,8,10H,6-7H2,1H3,(H,13,14). The van der Waals surface area contributed by atoms with Gasteiger partial charge in [-0.25, -0.2) is 4.79 Å². The predicted octanol–water partition coefficient (Wildman–Crippen LogP) is 1.48. The summed E-state index contributed by atoms with van der Waals surface area (Å²) in [6, 6.07) is 7.80. The van der Waals surface area contributed by atoms with E-state index in [4.69, 9.17) is 14.6 Å². The van der Waals surface area contributed by atoms with E-state index in [0.29, 0.717) is 6.61 Å². The second kappa shape index (κ2) is 4.53. The molecule has 1 aliphatic heterocycles. The van der Waals surface area contributed by atoms with Gasteiger partial charge in [0.15, 0.2) is 6.10 Å². The van der Waals surface area contributed by atoms with Gasteiger partial charge in [0.05, 0.1) is 6.61 Å². The number of carbonyl (C=O) groups is 1. The summed E-state index contributed by atoms with van der Waals surface area (Å²) < 4.78 is 10.8. The molecule has 86 valence electrons. The van der Waals surface area contributed by atoms with Crippen molar-refractivity contribution in [1.29, 1.82) is 0 Å². The van der Waals surface area contributed by atoms with Gasteiger partial charge in [-0.3, -0.25) is 0 Å². The fourth-order valence-corrected chi connectivity index (χ4v) is 1.67. The number of hydrogen-bond donors (Lipinski definition) is 1. The summed E-state index contributed by atoms with van der Waals surface area (Å²) in [5.74, 6) is -0.0745. The van der Waals surface area contributed by atoms with Crippen LogP contribution in [0.15, 0.2) is 24.3 Å². The zero-order valence-electron chi connectivity index (χ0n) is 9.05. The molecule has 16 heavy (non-hydrogen) atoms. The van der Waals surface area contributed by atoms with Crippen molar-refractivity contribution < 1.29 is 19.4 Å². The summed E-state index contributed by atoms with van der Waals surface area (Å²) >= 11 is 0.